The molecule has 104 valence electrons. The molecule has 0 bridgehead atoms. The van der Waals surface area contributed by atoms with E-state index in [0.29, 0.717) is 19.5 Å². The predicted molar refractivity (Wildman–Crippen MR) is 75.8 cm³/mol. The van der Waals surface area contributed by atoms with Crippen molar-refractivity contribution in [3.63, 3.8) is 0 Å². The standard InChI is InChI=1S/C16H23NO2/c1-3-4-10-16(18)17-11-13(2)19-15(12-17)14-8-6-5-7-9-14/h5-9,13,15H,3-4,10-12H2,1-2H3. The molecule has 0 aromatic heterocycles. The summed E-state index contributed by atoms with van der Waals surface area (Å²) in [7, 11) is 0. The quantitative estimate of drug-likeness (QED) is 0.833. The van der Waals surface area contributed by atoms with Gasteiger partial charge in [-0.3, -0.25) is 4.79 Å². The van der Waals surface area contributed by atoms with Gasteiger partial charge >= 0.3 is 0 Å². The van der Waals surface area contributed by atoms with E-state index in [1.807, 2.05) is 30.0 Å². The number of nitrogens with zero attached hydrogens (tertiary/aromatic N) is 1. The molecule has 1 fully saturated rings. The van der Waals surface area contributed by atoms with Gasteiger partial charge in [-0.05, 0) is 18.9 Å². The Kier molecular flexibility index (Phi) is 4.97. The van der Waals surface area contributed by atoms with Crippen molar-refractivity contribution in [2.75, 3.05) is 13.1 Å². The van der Waals surface area contributed by atoms with E-state index in [-0.39, 0.29) is 18.1 Å². The Hall–Kier alpha value is -1.35. The van der Waals surface area contributed by atoms with Crippen molar-refractivity contribution < 1.29 is 9.53 Å². The minimum absolute atomic E-state index is 0.00975. The van der Waals surface area contributed by atoms with Crippen LogP contribution < -0.4 is 0 Å². The molecule has 2 unspecified atom stereocenters. The lowest BCUT2D eigenvalue weighted by molar-refractivity contribution is -0.145. The van der Waals surface area contributed by atoms with Crippen LogP contribution in [0.5, 0.6) is 0 Å². The summed E-state index contributed by atoms with van der Waals surface area (Å²) in [6.45, 7) is 5.54. The fourth-order valence-corrected chi connectivity index (χ4v) is 2.49. The molecule has 0 radical (unpaired) electrons. The SMILES string of the molecule is CCCCC(=O)N1CC(C)OC(c2ccccc2)C1. The smallest absolute Gasteiger partial charge is 0.222 e. The van der Waals surface area contributed by atoms with Gasteiger partial charge in [0.1, 0.15) is 6.10 Å². The molecule has 3 nitrogen and oxygen atoms in total. The number of ether oxygens (including phenoxy) is 1. The molecule has 0 saturated carbocycles. The van der Waals surface area contributed by atoms with Gasteiger partial charge in [-0.25, -0.2) is 0 Å². The summed E-state index contributed by atoms with van der Waals surface area (Å²) in [5, 5.41) is 0. The Balaban J connectivity index is 2.02. The maximum atomic E-state index is 12.1. The van der Waals surface area contributed by atoms with Gasteiger partial charge < -0.3 is 9.64 Å². The van der Waals surface area contributed by atoms with Crippen LogP contribution in [0.4, 0.5) is 0 Å². The van der Waals surface area contributed by atoms with Crippen molar-refractivity contribution in [1.82, 2.24) is 4.90 Å². The highest BCUT2D eigenvalue weighted by Crippen LogP contribution is 2.25. The molecule has 2 rings (SSSR count). The van der Waals surface area contributed by atoms with Gasteiger partial charge in [0, 0.05) is 13.0 Å². The third kappa shape index (κ3) is 3.80. The zero-order valence-electron chi connectivity index (χ0n) is 11.8. The van der Waals surface area contributed by atoms with Gasteiger partial charge in [0.2, 0.25) is 5.91 Å². The molecule has 3 heteroatoms. The number of hydrogen-bond donors (Lipinski definition) is 0. The average Bonchev–Trinajstić information content (AvgIpc) is 2.45. The first kappa shape index (κ1) is 14.1. The number of rotatable bonds is 4. The van der Waals surface area contributed by atoms with Crippen LogP contribution in [-0.4, -0.2) is 30.0 Å². The maximum absolute atomic E-state index is 12.1. The summed E-state index contributed by atoms with van der Waals surface area (Å²) >= 11 is 0. The fourth-order valence-electron chi connectivity index (χ4n) is 2.49. The normalized spacial score (nSPS) is 23.4. The molecule has 0 aliphatic carbocycles. The summed E-state index contributed by atoms with van der Waals surface area (Å²) in [5.41, 5.74) is 1.15. The van der Waals surface area contributed by atoms with E-state index in [0.717, 1.165) is 18.4 Å². The number of benzene rings is 1. The number of carbonyl (C=O) groups excluding carboxylic acids is 1. The van der Waals surface area contributed by atoms with Crippen molar-refractivity contribution in [3.05, 3.63) is 35.9 Å². The van der Waals surface area contributed by atoms with E-state index in [4.69, 9.17) is 4.74 Å². The van der Waals surface area contributed by atoms with E-state index >= 15 is 0 Å². The van der Waals surface area contributed by atoms with E-state index in [1.165, 1.54) is 0 Å². The molecule has 1 heterocycles. The van der Waals surface area contributed by atoms with Gasteiger partial charge in [0.15, 0.2) is 0 Å². The summed E-state index contributed by atoms with van der Waals surface area (Å²) in [6, 6.07) is 10.2. The molecule has 19 heavy (non-hydrogen) atoms. The second kappa shape index (κ2) is 6.71. The van der Waals surface area contributed by atoms with Gasteiger partial charge in [0.25, 0.3) is 0 Å². The Morgan fingerprint density at radius 2 is 2.05 bits per heavy atom. The molecule has 2 atom stereocenters. The van der Waals surface area contributed by atoms with Crippen molar-refractivity contribution in [3.8, 4) is 0 Å². The Morgan fingerprint density at radius 1 is 1.32 bits per heavy atom. The van der Waals surface area contributed by atoms with E-state index < -0.39 is 0 Å². The lowest BCUT2D eigenvalue weighted by Crippen LogP contribution is -2.45. The third-order valence-electron chi connectivity index (χ3n) is 3.53. The highest BCUT2D eigenvalue weighted by molar-refractivity contribution is 5.76. The van der Waals surface area contributed by atoms with Gasteiger partial charge in [0.05, 0.1) is 12.6 Å². The first-order valence-corrected chi connectivity index (χ1v) is 7.19. The van der Waals surface area contributed by atoms with E-state index in [1.54, 1.807) is 0 Å². The van der Waals surface area contributed by atoms with Crippen LogP contribution in [0.2, 0.25) is 0 Å². The molecular formula is C16H23NO2. The molecule has 1 aromatic carbocycles. The van der Waals surface area contributed by atoms with E-state index in [9.17, 15) is 4.79 Å². The van der Waals surface area contributed by atoms with Crippen LogP contribution in [0.1, 0.15) is 44.8 Å². The van der Waals surface area contributed by atoms with Crippen molar-refractivity contribution in [2.24, 2.45) is 0 Å². The molecular weight excluding hydrogens is 238 g/mol. The molecule has 0 N–H and O–H groups in total. The van der Waals surface area contributed by atoms with Crippen LogP contribution in [0.3, 0.4) is 0 Å². The zero-order chi connectivity index (χ0) is 13.7. The maximum Gasteiger partial charge on any atom is 0.222 e. The predicted octanol–water partition coefficient (Wildman–Crippen LogP) is 3.17. The van der Waals surface area contributed by atoms with Crippen molar-refractivity contribution in [2.45, 2.75) is 45.3 Å². The molecule has 1 amide bonds. The summed E-state index contributed by atoms with van der Waals surface area (Å²) in [6.07, 6.45) is 2.80. The molecule has 1 aliphatic heterocycles. The first-order valence-electron chi connectivity index (χ1n) is 7.19. The number of amides is 1. The van der Waals surface area contributed by atoms with Crippen molar-refractivity contribution >= 4 is 5.91 Å². The van der Waals surface area contributed by atoms with Crippen LogP contribution >= 0.6 is 0 Å². The van der Waals surface area contributed by atoms with E-state index in [2.05, 4.69) is 19.1 Å². The topological polar surface area (TPSA) is 29.5 Å². The van der Waals surface area contributed by atoms with Gasteiger partial charge in [-0.15, -0.1) is 0 Å². The highest BCUT2D eigenvalue weighted by atomic mass is 16.5. The van der Waals surface area contributed by atoms with Gasteiger partial charge in [-0.2, -0.15) is 0 Å². The minimum Gasteiger partial charge on any atom is -0.367 e. The lowest BCUT2D eigenvalue weighted by Gasteiger charge is -2.37. The summed E-state index contributed by atoms with van der Waals surface area (Å²) in [4.78, 5) is 14.1. The third-order valence-corrected chi connectivity index (χ3v) is 3.53. The number of morpholine rings is 1. The monoisotopic (exact) mass is 261 g/mol. The number of hydrogen-bond acceptors (Lipinski definition) is 2. The number of unbranched alkanes of at least 4 members (excludes halogenated alkanes) is 1. The average molecular weight is 261 g/mol. The Morgan fingerprint density at radius 3 is 2.74 bits per heavy atom. The largest absolute Gasteiger partial charge is 0.367 e. The molecule has 1 saturated heterocycles. The molecule has 0 spiro atoms. The van der Waals surface area contributed by atoms with Crippen LogP contribution in [0.25, 0.3) is 0 Å². The van der Waals surface area contributed by atoms with Crippen LogP contribution in [0.15, 0.2) is 30.3 Å². The first-order chi connectivity index (χ1) is 9.20. The Bertz CT molecular complexity index is 404. The lowest BCUT2D eigenvalue weighted by atomic mass is 10.1. The van der Waals surface area contributed by atoms with Crippen LogP contribution in [0, 0.1) is 0 Å². The van der Waals surface area contributed by atoms with Crippen molar-refractivity contribution in [1.29, 1.82) is 0 Å². The van der Waals surface area contributed by atoms with Crippen LogP contribution in [-0.2, 0) is 9.53 Å². The second-order valence-electron chi connectivity index (χ2n) is 5.25. The molecule has 1 aromatic rings. The zero-order valence-corrected chi connectivity index (χ0v) is 11.8. The number of carbonyl (C=O) groups is 1. The fraction of sp³-hybridized carbons (Fsp3) is 0.562. The highest BCUT2D eigenvalue weighted by Gasteiger charge is 2.28. The minimum atomic E-state index is 0.00975. The van der Waals surface area contributed by atoms with Gasteiger partial charge in [-0.1, -0.05) is 43.7 Å². The molecule has 1 aliphatic rings. The summed E-state index contributed by atoms with van der Waals surface area (Å²) in [5.74, 6) is 0.262. The Labute approximate surface area is 115 Å². The summed E-state index contributed by atoms with van der Waals surface area (Å²) < 4.78 is 5.96. The second-order valence-corrected chi connectivity index (χ2v) is 5.25.